The van der Waals surface area contributed by atoms with E-state index in [-0.39, 0.29) is 17.6 Å². The summed E-state index contributed by atoms with van der Waals surface area (Å²) in [7, 11) is 2.04. The second kappa shape index (κ2) is 9.50. The van der Waals surface area contributed by atoms with Gasteiger partial charge in [0.25, 0.3) is 5.56 Å². The van der Waals surface area contributed by atoms with Crippen molar-refractivity contribution in [2.24, 2.45) is 0 Å². The number of hydrogen-bond acceptors (Lipinski definition) is 5. The van der Waals surface area contributed by atoms with Crippen molar-refractivity contribution in [2.75, 3.05) is 7.05 Å². The van der Waals surface area contributed by atoms with Gasteiger partial charge in [-0.25, -0.2) is 4.68 Å². The van der Waals surface area contributed by atoms with Crippen LogP contribution in [0.5, 0.6) is 0 Å². The Kier molecular flexibility index (Phi) is 6.28. The Hall–Kier alpha value is -3.32. The highest BCUT2D eigenvalue weighted by molar-refractivity contribution is 5.83. The molecular formula is C27H32N6O. The van der Waals surface area contributed by atoms with Crippen LogP contribution >= 0.6 is 0 Å². The molecular weight excluding hydrogens is 424 g/mol. The predicted molar refractivity (Wildman–Crippen MR) is 134 cm³/mol. The summed E-state index contributed by atoms with van der Waals surface area (Å²) in [4.78, 5) is 18.8. The number of hydrogen-bond donors (Lipinski definition) is 1. The summed E-state index contributed by atoms with van der Waals surface area (Å²) in [6.07, 6.45) is 5.76. The van der Waals surface area contributed by atoms with E-state index in [1.165, 1.54) is 24.8 Å². The molecule has 1 atom stereocenters. The summed E-state index contributed by atoms with van der Waals surface area (Å²) < 4.78 is 1.98. The van der Waals surface area contributed by atoms with Gasteiger partial charge in [0.05, 0.1) is 6.04 Å². The highest BCUT2D eigenvalue weighted by atomic mass is 16.1. The lowest BCUT2D eigenvalue weighted by Gasteiger charge is -2.30. The van der Waals surface area contributed by atoms with Crippen molar-refractivity contribution in [1.82, 2.24) is 30.1 Å². The minimum absolute atomic E-state index is 0.0967. The minimum Gasteiger partial charge on any atom is -0.322 e. The summed E-state index contributed by atoms with van der Waals surface area (Å²) in [5.41, 5.74) is 4.89. The third-order valence-corrected chi connectivity index (χ3v) is 7.03. The van der Waals surface area contributed by atoms with Crippen LogP contribution in [-0.2, 0) is 6.54 Å². The predicted octanol–water partition coefficient (Wildman–Crippen LogP) is 4.86. The molecule has 0 bridgehead atoms. The molecule has 34 heavy (non-hydrogen) atoms. The zero-order chi connectivity index (χ0) is 23.7. The van der Waals surface area contributed by atoms with E-state index < -0.39 is 0 Å². The fourth-order valence-corrected chi connectivity index (χ4v) is 5.39. The zero-order valence-corrected chi connectivity index (χ0v) is 20.2. The molecule has 0 aliphatic heterocycles. The van der Waals surface area contributed by atoms with E-state index >= 15 is 0 Å². The molecule has 0 unspecified atom stereocenters. The van der Waals surface area contributed by atoms with Gasteiger partial charge < -0.3 is 4.98 Å². The van der Waals surface area contributed by atoms with Gasteiger partial charge in [0.1, 0.15) is 6.04 Å². The largest absolute Gasteiger partial charge is 0.322 e. The smallest absolute Gasteiger partial charge is 0.253 e. The summed E-state index contributed by atoms with van der Waals surface area (Å²) in [5.74, 6) is 0.736. The molecule has 7 nitrogen and oxygen atoms in total. The summed E-state index contributed by atoms with van der Waals surface area (Å²) in [6.45, 7) is 4.81. The van der Waals surface area contributed by atoms with Crippen LogP contribution in [0, 0.1) is 13.8 Å². The summed E-state index contributed by atoms with van der Waals surface area (Å²) >= 11 is 0. The molecule has 2 aromatic carbocycles. The van der Waals surface area contributed by atoms with E-state index in [4.69, 9.17) is 0 Å². The Morgan fingerprint density at radius 3 is 2.62 bits per heavy atom. The molecule has 1 aliphatic carbocycles. The molecule has 0 saturated heterocycles. The van der Waals surface area contributed by atoms with Gasteiger partial charge in [-0.2, -0.15) is 0 Å². The van der Waals surface area contributed by atoms with Gasteiger partial charge in [-0.15, -0.1) is 5.10 Å². The van der Waals surface area contributed by atoms with E-state index in [0.29, 0.717) is 12.1 Å². The first-order valence-corrected chi connectivity index (χ1v) is 12.2. The molecule has 1 N–H and O–H groups in total. The average molecular weight is 457 g/mol. The molecule has 0 amide bonds. The number of rotatable bonds is 6. The molecule has 2 heterocycles. The minimum atomic E-state index is -0.369. The number of aromatic nitrogens is 5. The highest BCUT2D eigenvalue weighted by Gasteiger charge is 2.31. The fraction of sp³-hybridized carbons (Fsp3) is 0.407. The van der Waals surface area contributed by atoms with Crippen molar-refractivity contribution in [3.8, 4) is 0 Å². The lowest BCUT2D eigenvalue weighted by atomic mass is 9.95. The topological polar surface area (TPSA) is 79.7 Å². The van der Waals surface area contributed by atoms with Gasteiger partial charge in [0, 0.05) is 23.0 Å². The molecule has 4 aromatic rings. The molecule has 1 saturated carbocycles. The molecule has 1 fully saturated rings. The van der Waals surface area contributed by atoms with Crippen molar-refractivity contribution >= 4 is 10.9 Å². The van der Waals surface area contributed by atoms with Crippen LogP contribution in [0.3, 0.4) is 0 Å². The highest BCUT2D eigenvalue weighted by Crippen LogP contribution is 2.33. The van der Waals surface area contributed by atoms with Crippen LogP contribution in [0.25, 0.3) is 10.9 Å². The second-order valence-corrected chi connectivity index (χ2v) is 9.67. The Labute approximate surface area is 199 Å². The van der Waals surface area contributed by atoms with E-state index in [1.807, 2.05) is 49.0 Å². The molecule has 5 rings (SSSR count). The van der Waals surface area contributed by atoms with Crippen LogP contribution in [0.2, 0.25) is 0 Å². The molecule has 0 spiro atoms. The average Bonchev–Trinajstić information content (AvgIpc) is 3.30. The van der Waals surface area contributed by atoms with E-state index in [0.717, 1.165) is 40.7 Å². The molecule has 0 radical (unpaired) electrons. The maximum Gasteiger partial charge on any atom is 0.253 e. The SMILES string of the molecule is Cc1cc(C)c2cc([C@@H](c3nnnn3C3CCCCC3)N(C)Cc3ccccc3)c(=O)[nH]c2c1. The first-order chi connectivity index (χ1) is 16.5. The number of nitrogens with zero attached hydrogens (tertiary/aromatic N) is 5. The van der Waals surface area contributed by atoms with Crippen LogP contribution < -0.4 is 5.56 Å². The standard InChI is InChI=1S/C27H32N6O/c1-18-14-19(2)22-16-23(27(34)28-24(22)15-18)25(32(3)17-20-10-6-4-7-11-20)26-29-30-31-33(26)21-12-8-5-9-13-21/h4,6-7,10-11,14-16,21,25H,5,8-9,12-13,17H2,1-3H3,(H,28,34)/t25-/m0/s1. The Morgan fingerprint density at radius 1 is 1.09 bits per heavy atom. The van der Waals surface area contributed by atoms with Gasteiger partial charge in [-0.1, -0.05) is 55.7 Å². The Morgan fingerprint density at radius 2 is 1.85 bits per heavy atom. The third kappa shape index (κ3) is 4.40. The summed E-state index contributed by atoms with van der Waals surface area (Å²) in [5, 5.41) is 14.0. The lowest BCUT2D eigenvalue weighted by molar-refractivity contribution is 0.236. The van der Waals surface area contributed by atoms with Crippen molar-refractivity contribution in [3.63, 3.8) is 0 Å². The number of aromatic amines is 1. The van der Waals surface area contributed by atoms with E-state index in [9.17, 15) is 4.79 Å². The second-order valence-electron chi connectivity index (χ2n) is 9.67. The third-order valence-electron chi connectivity index (χ3n) is 7.03. The monoisotopic (exact) mass is 456 g/mol. The molecule has 2 aromatic heterocycles. The molecule has 176 valence electrons. The van der Waals surface area contributed by atoms with Crippen LogP contribution in [0.1, 0.15) is 72.3 Å². The quantitative estimate of drug-likeness (QED) is 0.448. The van der Waals surface area contributed by atoms with Gasteiger partial charge in [-0.3, -0.25) is 9.69 Å². The first-order valence-electron chi connectivity index (χ1n) is 12.2. The van der Waals surface area contributed by atoms with Crippen molar-refractivity contribution in [3.05, 3.63) is 87.0 Å². The normalized spacial score (nSPS) is 15.8. The number of pyridine rings is 1. The summed E-state index contributed by atoms with van der Waals surface area (Å²) in [6, 6.07) is 16.4. The number of fused-ring (bicyclic) bond motifs is 1. The molecule has 1 aliphatic rings. The number of aryl methyl sites for hydroxylation is 2. The number of H-pyrrole nitrogens is 1. The fourth-order valence-electron chi connectivity index (χ4n) is 5.39. The van der Waals surface area contributed by atoms with Gasteiger partial charge in [0.2, 0.25) is 0 Å². The maximum atomic E-state index is 13.5. The van der Waals surface area contributed by atoms with Crippen molar-refractivity contribution in [2.45, 2.75) is 64.6 Å². The van der Waals surface area contributed by atoms with E-state index in [1.54, 1.807) is 0 Å². The van der Waals surface area contributed by atoms with Crippen molar-refractivity contribution in [1.29, 1.82) is 0 Å². The van der Waals surface area contributed by atoms with Crippen LogP contribution in [0.4, 0.5) is 0 Å². The number of nitrogens with one attached hydrogen (secondary N) is 1. The van der Waals surface area contributed by atoms with Crippen LogP contribution in [-0.4, -0.2) is 37.1 Å². The maximum absolute atomic E-state index is 13.5. The van der Waals surface area contributed by atoms with Crippen LogP contribution in [0.15, 0.2) is 53.3 Å². The number of benzene rings is 2. The number of tetrazole rings is 1. The van der Waals surface area contributed by atoms with Gasteiger partial charge in [0.15, 0.2) is 5.82 Å². The Bertz CT molecular complexity index is 1340. The van der Waals surface area contributed by atoms with Crippen molar-refractivity contribution < 1.29 is 0 Å². The van der Waals surface area contributed by atoms with Gasteiger partial charge in [-0.05, 0) is 73.0 Å². The van der Waals surface area contributed by atoms with E-state index in [2.05, 4.69) is 50.5 Å². The lowest BCUT2D eigenvalue weighted by Crippen LogP contribution is -2.33. The first kappa shape index (κ1) is 22.5. The zero-order valence-electron chi connectivity index (χ0n) is 20.2. The molecule has 7 heteroatoms. The Balaban J connectivity index is 1.64. The van der Waals surface area contributed by atoms with Gasteiger partial charge >= 0.3 is 0 Å².